The molecule has 0 saturated carbocycles. The Morgan fingerprint density at radius 1 is 1.42 bits per heavy atom. The van der Waals surface area contributed by atoms with Crippen LogP contribution in [0.25, 0.3) is 16.5 Å². The molecule has 0 radical (unpaired) electrons. The molecule has 1 rings (SSSR count). The molecule has 0 unspecified atom stereocenters. The molecule has 4 nitrogen and oxygen atoms in total. The lowest BCUT2D eigenvalue weighted by atomic mass is 10.0. The average molecular weight is 266 g/mol. The van der Waals surface area contributed by atoms with E-state index in [0.717, 1.165) is 18.2 Å². The normalized spacial score (nSPS) is 11.1. The Morgan fingerprint density at radius 2 is 2.16 bits per heavy atom. The van der Waals surface area contributed by atoms with Gasteiger partial charge in [-0.2, -0.15) is 18.4 Å². The highest BCUT2D eigenvalue weighted by Crippen LogP contribution is 2.30. The van der Waals surface area contributed by atoms with Crippen LogP contribution in [0.4, 0.5) is 13.2 Å². The van der Waals surface area contributed by atoms with Gasteiger partial charge >= 0.3 is 6.18 Å². The number of hydrogen-bond acceptors (Lipinski definition) is 2. The maximum atomic E-state index is 12.5. The van der Waals surface area contributed by atoms with Gasteiger partial charge in [0.25, 0.3) is 0 Å². The quantitative estimate of drug-likeness (QED) is 0.346. The fourth-order valence-electron chi connectivity index (χ4n) is 1.37. The van der Waals surface area contributed by atoms with E-state index in [1.54, 1.807) is 6.08 Å². The topological polar surface area (TPSA) is 72.5 Å². The summed E-state index contributed by atoms with van der Waals surface area (Å²) in [7, 11) is 0. The predicted molar refractivity (Wildman–Crippen MR) is 63.8 cm³/mol. The molecule has 0 amide bonds. The van der Waals surface area contributed by atoms with Gasteiger partial charge in [0.2, 0.25) is 0 Å². The molecule has 0 N–H and O–H groups in total. The van der Waals surface area contributed by atoms with E-state index in [0.29, 0.717) is 6.42 Å². The van der Waals surface area contributed by atoms with Crippen LogP contribution in [-0.4, -0.2) is 6.54 Å². The molecule has 0 aliphatic carbocycles. The second-order valence-electron chi connectivity index (χ2n) is 3.56. The van der Waals surface area contributed by atoms with Crippen LogP contribution in [0.5, 0.6) is 0 Å². The molecule has 7 heteroatoms. The summed E-state index contributed by atoms with van der Waals surface area (Å²) in [5.41, 5.74) is 7.61. The Bertz CT molecular complexity index is 563. The molecule has 0 saturated heterocycles. The van der Waals surface area contributed by atoms with Crippen LogP contribution in [-0.2, 0) is 6.18 Å². The van der Waals surface area contributed by atoms with Gasteiger partial charge < -0.3 is 0 Å². The minimum atomic E-state index is -4.44. The molecule has 98 valence electrons. The van der Waals surface area contributed by atoms with Gasteiger partial charge in [0.15, 0.2) is 0 Å². The summed E-state index contributed by atoms with van der Waals surface area (Å²) in [6.45, 7) is 0.216. The Labute approximate surface area is 107 Å². The highest BCUT2D eigenvalue weighted by molar-refractivity contribution is 5.59. The van der Waals surface area contributed by atoms with Gasteiger partial charge in [-0.3, -0.25) is 0 Å². The van der Waals surface area contributed by atoms with Gasteiger partial charge in [-0.15, -0.1) is 0 Å². The van der Waals surface area contributed by atoms with Crippen molar-refractivity contribution in [3.8, 4) is 6.07 Å². The first kappa shape index (κ1) is 14.6. The van der Waals surface area contributed by atoms with Gasteiger partial charge in [-0.05, 0) is 35.7 Å². The molecular formula is C12H9F3N4. The third-order valence-corrected chi connectivity index (χ3v) is 2.26. The second kappa shape index (κ2) is 6.47. The van der Waals surface area contributed by atoms with Crippen LogP contribution in [0.15, 0.2) is 29.4 Å². The lowest BCUT2D eigenvalue weighted by molar-refractivity contribution is -0.137. The molecule has 0 aliphatic rings. The smallest absolute Gasteiger partial charge is 0.192 e. The third kappa shape index (κ3) is 4.37. The zero-order chi connectivity index (χ0) is 14.3. The van der Waals surface area contributed by atoms with Crippen LogP contribution < -0.4 is 0 Å². The first-order chi connectivity index (χ1) is 8.99. The summed E-state index contributed by atoms with van der Waals surface area (Å²) in [6.07, 6.45) is -1.07. The van der Waals surface area contributed by atoms with Crippen LogP contribution in [0.2, 0.25) is 0 Å². The number of halogens is 3. The number of rotatable bonds is 4. The van der Waals surface area contributed by atoms with E-state index in [9.17, 15) is 13.2 Å². The van der Waals surface area contributed by atoms with Crippen molar-refractivity contribution in [3.05, 3.63) is 51.4 Å². The number of nitrogens with zero attached hydrogens (tertiary/aromatic N) is 4. The first-order valence-corrected chi connectivity index (χ1v) is 5.28. The van der Waals surface area contributed by atoms with E-state index in [1.807, 2.05) is 6.07 Å². The standard InChI is InChI=1S/C12H9F3N4/c13-12(14,15)11-5-4-10(8-16)9(7-11)3-1-2-6-18-19-17/h1,3-5,7H,2,6H2. The van der Waals surface area contributed by atoms with Gasteiger partial charge in [-0.25, -0.2) is 0 Å². The van der Waals surface area contributed by atoms with Crippen LogP contribution >= 0.6 is 0 Å². The third-order valence-electron chi connectivity index (χ3n) is 2.26. The SMILES string of the molecule is N#Cc1ccc(C(F)(F)F)cc1C=CCCN=[N+]=[N-]. The summed E-state index contributed by atoms with van der Waals surface area (Å²) in [4.78, 5) is 2.55. The summed E-state index contributed by atoms with van der Waals surface area (Å²) in [6, 6.07) is 4.75. The maximum Gasteiger partial charge on any atom is 0.416 e. The van der Waals surface area contributed by atoms with Gasteiger partial charge in [-0.1, -0.05) is 17.3 Å². The average Bonchev–Trinajstić information content (AvgIpc) is 2.37. The molecule has 1 aromatic rings. The van der Waals surface area contributed by atoms with Crippen molar-refractivity contribution < 1.29 is 13.2 Å². The molecule has 0 spiro atoms. The highest BCUT2D eigenvalue weighted by atomic mass is 19.4. The number of benzene rings is 1. The molecule has 0 fully saturated rings. The van der Waals surface area contributed by atoms with Crippen LogP contribution in [0.3, 0.4) is 0 Å². The molecule has 0 heterocycles. The molecule has 19 heavy (non-hydrogen) atoms. The lowest BCUT2D eigenvalue weighted by Crippen LogP contribution is -2.05. The van der Waals surface area contributed by atoms with Crippen molar-refractivity contribution in [1.29, 1.82) is 5.26 Å². The number of alkyl halides is 3. The second-order valence-corrected chi connectivity index (χ2v) is 3.56. The molecular weight excluding hydrogens is 257 g/mol. The van der Waals surface area contributed by atoms with E-state index in [1.165, 1.54) is 6.08 Å². The number of nitriles is 1. The monoisotopic (exact) mass is 266 g/mol. The summed E-state index contributed by atoms with van der Waals surface area (Å²) in [5.74, 6) is 0. The van der Waals surface area contributed by atoms with Crippen molar-refractivity contribution in [1.82, 2.24) is 0 Å². The molecule has 1 aromatic carbocycles. The minimum Gasteiger partial charge on any atom is -0.192 e. The van der Waals surface area contributed by atoms with E-state index in [4.69, 9.17) is 10.8 Å². The van der Waals surface area contributed by atoms with Crippen molar-refractivity contribution in [3.63, 3.8) is 0 Å². The minimum absolute atomic E-state index is 0.160. The maximum absolute atomic E-state index is 12.5. The van der Waals surface area contributed by atoms with E-state index in [-0.39, 0.29) is 17.7 Å². The van der Waals surface area contributed by atoms with Crippen molar-refractivity contribution in [2.45, 2.75) is 12.6 Å². The van der Waals surface area contributed by atoms with Crippen molar-refractivity contribution >= 4 is 6.08 Å². The Morgan fingerprint density at radius 3 is 2.74 bits per heavy atom. The zero-order valence-electron chi connectivity index (χ0n) is 9.72. The Balaban J connectivity index is 2.97. The van der Waals surface area contributed by atoms with E-state index < -0.39 is 11.7 Å². The fourth-order valence-corrected chi connectivity index (χ4v) is 1.37. The molecule has 0 aliphatic heterocycles. The van der Waals surface area contributed by atoms with Crippen molar-refractivity contribution in [2.75, 3.05) is 6.54 Å². The fraction of sp³-hybridized carbons (Fsp3) is 0.250. The Kier molecular flexibility index (Phi) is 4.98. The molecule has 0 atom stereocenters. The van der Waals surface area contributed by atoms with Gasteiger partial charge in [0, 0.05) is 11.5 Å². The van der Waals surface area contributed by atoms with Crippen LogP contribution in [0.1, 0.15) is 23.1 Å². The van der Waals surface area contributed by atoms with E-state index in [2.05, 4.69) is 10.0 Å². The van der Waals surface area contributed by atoms with Crippen molar-refractivity contribution in [2.24, 2.45) is 5.11 Å². The molecule has 0 aromatic heterocycles. The first-order valence-electron chi connectivity index (χ1n) is 5.28. The largest absolute Gasteiger partial charge is 0.416 e. The summed E-state index contributed by atoms with van der Waals surface area (Å²) in [5, 5.41) is 12.1. The Hall–Kier alpha value is -2.45. The highest BCUT2D eigenvalue weighted by Gasteiger charge is 2.30. The van der Waals surface area contributed by atoms with Gasteiger partial charge in [0.05, 0.1) is 17.2 Å². The van der Waals surface area contributed by atoms with E-state index >= 15 is 0 Å². The lowest BCUT2D eigenvalue weighted by Gasteiger charge is -2.08. The predicted octanol–water partition coefficient (Wildman–Crippen LogP) is 4.29. The number of azide groups is 1. The molecule has 0 bridgehead atoms. The van der Waals surface area contributed by atoms with Gasteiger partial charge in [0.1, 0.15) is 0 Å². The zero-order valence-corrected chi connectivity index (χ0v) is 9.72. The summed E-state index contributed by atoms with van der Waals surface area (Å²) >= 11 is 0. The van der Waals surface area contributed by atoms with Crippen LogP contribution in [0, 0.1) is 11.3 Å². The summed E-state index contributed by atoms with van der Waals surface area (Å²) < 4.78 is 37.6. The number of hydrogen-bond donors (Lipinski definition) is 0.